The minimum atomic E-state index is -4.40. The van der Waals surface area contributed by atoms with E-state index in [1.165, 1.54) is 24.3 Å². The second-order valence-corrected chi connectivity index (χ2v) is 7.33. The van der Waals surface area contributed by atoms with Crippen LogP contribution in [0.5, 0.6) is 0 Å². The summed E-state index contributed by atoms with van der Waals surface area (Å²) in [5.41, 5.74) is 1.57. The van der Waals surface area contributed by atoms with Crippen LogP contribution in [-0.4, -0.2) is 55.0 Å². The van der Waals surface area contributed by atoms with Gasteiger partial charge in [0.25, 0.3) is 0 Å². The number of hydrogen-bond donors (Lipinski definition) is 1. The van der Waals surface area contributed by atoms with Crippen LogP contribution in [0.15, 0.2) is 42.5 Å². The van der Waals surface area contributed by atoms with Gasteiger partial charge in [-0.1, -0.05) is 18.2 Å². The van der Waals surface area contributed by atoms with E-state index in [0.29, 0.717) is 24.9 Å². The van der Waals surface area contributed by atoms with E-state index >= 15 is 0 Å². The van der Waals surface area contributed by atoms with E-state index in [9.17, 15) is 22.4 Å². The number of rotatable bonds is 5. The summed E-state index contributed by atoms with van der Waals surface area (Å²) < 4.78 is 52.7. The maximum Gasteiger partial charge on any atom is 0.416 e. The Morgan fingerprint density at radius 3 is 2.41 bits per heavy atom. The van der Waals surface area contributed by atoms with Crippen LogP contribution >= 0.6 is 0 Å². The molecule has 2 aromatic carbocycles. The van der Waals surface area contributed by atoms with Gasteiger partial charge in [-0.15, -0.1) is 0 Å². The van der Waals surface area contributed by atoms with Crippen LogP contribution in [0.3, 0.4) is 0 Å². The summed E-state index contributed by atoms with van der Waals surface area (Å²) in [4.78, 5) is 12.7. The molecule has 3 nitrogen and oxygen atoms in total. The first-order chi connectivity index (χ1) is 13.1. The third-order valence-corrected chi connectivity index (χ3v) is 5.24. The Bertz CT molecular complexity index is 855. The monoisotopic (exact) mass is 402 g/mol. The van der Waals surface area contributed by atoms with E-state index in [1.54, 1.807) is 24.1 Å². The maximum absolute atomic E-state index is 13.4. The molecule has 0 saturated heterocycles. The number of aryl methyl sites for hydroxylation is 1. The van der Waals surface area contributed by atoms with Crippen molar-refractivity contribution in [2.45, 2.75) is 24.9 Å². The molecule has 0 aromatic heterocycles. The summed E-state index contributed by atoms with van der Waals surface area (Å²) in [6.45, 7) is 0.362. The van der Waals surface area contributed by atoms with Crippen molar-refractivity contribution >= 4 is 24.8 Å². The fourth-order valence-corrected chi connectivity index (χ4v) is 4.08. The molecular formula is C21H21F4LiNO2. The molecular weight excluding hydrogens is 381 g/mol. The number of carboxylic acid groups (broad SMARTS) is 1. The largest absolute Gasteiger partial charge is 0.480 e. The van der Waals surface area contributed by atoms with Crippen LogP contribution in [0.2, 0.25) is 0 Å². The van der Waals surface area contributed by atoms with Gasteiger partial charge in [-0.25, -0.2) is 4.39 Å². The van der Waals surface area contributed by atoms with Crippen molar-refractivity contribution in [3.05, 3.63) is 70.5 Å². The van der Waals surface area contributed by atoms with Crippen molar-refractivity contribution in [3.8, 4) is 0 Å². The summed E-state index contributed by atoms with van der Waals surface area (Å²) in [5.74, 6) is -1.53. The maximum atomic E-state index is 13.4. The molecule has 0 aliphatic heterocycles. The Labute approximate surface area is 178 Å². The zero-order valence-electron chi connectivity index (χ0n) is 16.3. The number of benzene rings is 2. The average molecular weight is 402 g/mol. The molecule has 29 heavy (non-hydrogen) atoms. The molecule has 0 saturated carbocycles. The Morgan fingerprint density at radius 2 is 1.83 bits per heavy atom. The number of nitrogens with zero attached hydrogens (tertiary/aromatic N) is 1. The number of aliphatic carboxylic acids is 1. The molecule has 0 spiro atoms. The third kappa shape index (κ3) is 5.63. The summed E-state index contributed by atoms with van der Waals surface area (Å²) in [7, 11) is 1.71. The quantitative estimate of drug-likeness (QED) is 0.603. The molecule has 0 heterocycles. The number of carboxylic acids is 1. The number of halogens is 4. The van der Waals surface area contributed by atoms with Gasteiger partial charge in [0.1, 0.15) is 5.82 Å². The molecule has 2 atom stereocenters. The fourth-order valence-electron chi connectivity index (χ4n) is 4.08. The second-order valence-electron chi connectivity index (χ2n) is 7.33. The topological polar surface area (TPSA) is 40.5 Å². The van der Waals surface area contributed by atoms with Crippen molar-refractivity contribution in [2.24, 2.45) is 5.92 Å². The Hall–Kier alpha value is -1.81. The van der Waals surface area contributed by atoms with E-state index in [4.69, 9.17) is 5.11 Å². The second kappa shape index (κ2) is 9.33. The fraction of sp³-hybridized carbons (Fsp3) is 0.381. The van der Waals surface area contributed by atoms with Crippen LogP contribution < -0.4 is 0 Å². The molecule has 151 valence electrons. The third-order valence-electron chi connectivity index (χ3n) is 5.24. The van der Waals surface area contributed by atoms with E-state index in [2.05, 4.69) is 0 Å². The first-order valence-electron chi connectivity index (χ1n) is 9.01. The summed E-state index contributed by atoms with van der Waals surface area (Å²) in [6, 6.07) is 9.77. The van der Waals surface area contributed by atoms with Gasteiger partial charge in [0, 0.05) is 31.3 Å². The number of likely N-dealkylation sites (N-methyl/N-ethyl adjacent to an activating group) is 1. The predicted molar refractivity (Wildman–Crippen MR) is 102 cm³/mol. The number of carbonyl (C=O) groups is 1. The van der Waals surface area contributed by atoms with E-state index in [1.807, 2.05) is 0 Å². The molecule has 8 heteroatoms. The van der Waals surface area contributed by atoms with Crippen molar-refractivity contribution < 1.29 is 27.5 Å². The summed E-state index contributed by atoms with van der Waals surface area (Å²) in [5, 5.41) is 9.00. The molecule has 2 aromatic rings. The number of fused-ring (bicyclic) bond motifs is 1. The van der Waals surface area contributed by atoms with E-state index in [0.717, 1.165) is 17.2 Å². The van der Waals surface area contributed by atoms with Gasteiger partial charge in [0.2, 0.25) is 0 Å². The zero-order valence-corrected chi connectivity index (χ0v) is 16.3. The van der Waals surface area contributed by atoms with Crippen LogP contribution in [0.25, 0.3) is 0 Å². The molecule has 1 aliphatic rings. The van der Waals surface area contributed by atoms with E-state index < -0.39 is 17.7 Å². The first-order valence-corrected chi connectivity index (χ1v) is 9.01. The smallest absolute Gasteiger partial charge is 0.416 e. The Morgan fingerprint density at radius 1 is 1.17 bits per heavy atom. The molecule has 3 rings (SSSR count). The van der Waals surface area contributed by atoms with Gasteiger partial charge in [-0.2, -0.15) is 13.2 Å². The molecule has 1 aliphatic carbocycles. The number of hydrogen-bond acceptors (Lipinski definition) is 2. The molecule has 1 N–H and O–H groups in total. The first kappa shape index (κ1) is 23.5. The normalized spacial score (nSPS) is 18.8. The molecule has 1 radical (unpaired) electrons. The Kier molecular flexibility index (Phi) is 7.55. The Balaban J connectivity index is 0.00000300. The predicted octanol–water partition coefficient (Wildman–Crippen LogP) is 4.17. The van der Waals surface area contributed by atoms with Gasteiger partial charge < -0.3 is 5.11 Å². The SMILES string of the molecule is CN(CC(=O)O)CC1CCc2cc(C(F)(F)F)ccc2C1c1ccc(F)cc1.[Li]. The van der Waals surface area contributed by atoms with Crippen molar-refractivity contribution in [1.29, 1.82) is 0 Å². The zero-order chi connectivity index (χ0) is 20.5. The summed E-state index contributed by atoms with van der Waals surface area (Å²) in [6.07, 6.45) is -3.29. The van der Waals surface area contributed by atoms with Crippen LogP contribution in [0, 0.1) is 11.7 Å². The molecule has 2 unspecified atom stereocenters. The van der Waals surface area contributed by atoms with Crippen LogP contribution in [0.4, 0.5) is 17.6 Å². The van der Waals surface area contributed by atoms with Crippen LogP contribution in [0.1, 0.15) is 34.6 Å². The van der Waals surface area contributed by atoms with Crippen LogP contribution in [-0.2, 0) is 17.4 Å². The molecule has 0 fully saturated rings. The minimum Gasteiger partial charge on any atom is -0.480 e. The minimum absolute atomic E-state index is 0. The molecule has 0 bridgehead atoms. The van der Waals surface area contributed by atoms with Crippen molar-refractivity contribution in [2.75, 3.05) is 20.1 Å². The van der Waals surface area contributed by atoms with Crippen molar-refractivity contribution in [1.82, 2.24) is 4.90 Å². The summed E-state index contributed by atoms with van der Waals surface area (Å²) >= 11 is 0. The van der Waals surface area contributed by atoms with Gasteiger partial charge in [-0.05, 0) is 66.8 Å². The van der Waals surface area contributed by atoms with E-state index in [-0.39, 0.29) is 43.1 Å². The standard InChI is InChI=1S/C21H21F4NO2.Li/c1-26(12-19(27)28)11-15-3-2-14-10-16(21(23,24)25)6-9-18(14)20(15)13-4-7-17(22)8-5-13;/h4-10,15,20H,2-3,11-12H2,1H3,(H,27,28);. The number of alkyl halides is 3. The molecule has 0 amide bonds. The van der Waals surface area contributed by atoms with Crippen molar-refractivity contribution in [3.63, 3.8) is 0 Å². The average Bonchev–Trinajstić information content (AvgIpc) is 2.60. The van der Waals surface area contributed by atoms with Gasteiger partial charge in [0.15, 0.2) is 0 Å². The van der Waals surface area contributed by atoms with Gasteiger partial charge >= 0.3 is 12.1 Å². The van der Waals surface area contributed by atoms with Gasteiger partial charge in [-0.3, -0.25) is 9.69 Å². The van der Waals surface area contributed by atoms with Gasteiger partial charge in [0.05, 0.1) is 12.1 Å².